The van der Waals surface area contributed by atoms with E-state index in [-0.39, 0.29) is 24.2 Å². The first-order valence-corrected chi connectivity index (χ1v) is 14.9. The van der Waals surface area contributed by atoms with Crippen LogP contribution in [-0.2, 0) is 22.4 Å². The molecular weight excluding hydrogens is 490 g/mol. The average molecular weight is 534 g/mol. The third-order valence-electron chi connectivity index (χ3n) is 9.22. The zero-order chi connectivity index (χ0) is 27.2. The first kappa shape index (κ1) is 27.9. The number of hydrogen-bond donors (Lipinski definition) is 4. The number of nitrogens with one attached hydrogen (secondary N) is 2. The molecule has 39 heavy (non-hydrogen) atoms. The minimum Gasteiger partial charge on any atom is -0.480 e. The van der Waals surface area contributed by atoms with Crippen molar-refractivity contribution < 1.29 is 14.7 Å². The number of Topliss-reactive ketones (excluding diaryl/α,β-unsaturated/α-hetero) is 1. The highest BCUT2D eigenvalue weighted by molar-refractivity contribution is 6.08. The van der Waals surface area contributed by atoms with Crippen molar-refractivity contribution in [3.8, 4) is 0 Å². The van der Waals surface area contributed by atoms with Gasteiger partial charge in [0.25, 0.3) is 0 Å². The number of carboxylic acid groups (broad SMARTS) is 1. The number of carboxylic acids is 1. The molecule has 1 fully saturated rings. The van der Waals surface area contributed by atoms with E-state index in [0.717, 1.165) is 57.2 Å². The summed E-state index contributed by atoms with van der Waals surface area (Å²) in [5.74, 6) is -1.29. The molecule has 3 atom stereocenters. The molecule has 0 aromatic carbocycles. The Balaban J connectivity index is 1.08. The largest absolute Gasteiger partial charge is 0.480 e. The predicted octanol–water partition coefficient (Wildman–Crippen LogP) is 4.05. The summed E-state index contributed by atoms with van der Waals surface area (Å²) >= 11 is 0. The van der Waals surface area contributed by atoms with Crippen molar-refractivity contribution in [3.05, 3.63) is 59.2 Å². The van der Waals surface area contributed by atoms with Crippen LogP contribution in [0.15, 0.2) is 36.7 Å². The van der Waals surface area contributed by atoms with E-state index < -0.39 is 11.5 Å². The lowest BCUT2D eigenvalue weighted by atomic mass is 9.73. The number of nitrogens with two attached hydrogens (primary N) is 1. The van der Waals surface area contributed by atoms with Crippen LogP contribution < -0.4 is 16.4 Å². The van der Waals surface area contributed by atoms with E-state index in [1.807, 2.05) is 24.5 Å². The molecule has 0 amide bonds. The van der Waals surface area contributed by atoms with Gasteiger partial charge >= 0.3 is 5.97 Å². The summed E-state index contributed by atoms with van der Waals surface area (Å²) in [4.78, 5) is 34.8. The summed E-state index contributed by atoms with van der Waals surface area (Å²) in [6, 6.07) is 8.75. The minimum atomic E-state index is -1.82. The van der Waals surface area contributed by atoms with Crippen molar-refractivity contribution in [2.75, 3.05) is 13.1 Å². The fourth-order valence-electron chi connectivity index (χ4n) is 6.90. The number of carbonyl (C=O) groups excluding carboxylic acids is 1. The lowest BCUT2D eigenvalue weighted by Crippen LogP contribution is -2.57. The fourth-order valence-corrected chi connectivity index (χ4v) is 6.90. The van der Waals surface area contributed by atoms with Crippen LogP contribution in [0.3, 0.4) is 0 Å². The average Bonchev–Trinajstić information content (AvgIpc) is 2.98. The van der Waals surface area contributed by atoms with E-state index in [1.165, 1.54) is 23.2 Å². The van der Waals surface area contributed by atoms with Gasteiger partial charge in [0, 0.05) is 30.4 Å². The van der Waals surface area contributed by atoms with Crippen LogP contribution in [0.5, 0.6) is 0 Å². The van der Waals surface area contributed by atoms with Crippen LogP contribution >= 0.6 is 0 Å². The second kappa shape index (κ2) is 12.7. The maximum atomic E-state index is 13.4. The number of rotatable bonds is 11. The Labute approximate surface area is 231 Å². The summed E-state index contributed by atoms with van der Waals surface area (Å²) in [5, 5.41) is 17.2. The molecule has 0 radical (unpaired) electrons. The van der Waals surface area contributed by atoms with Crippen LogP contribution in [0.25, 0.3) is 0 Å². The molecular formula is C31H43N5O3. The number of aryl methyl sites for hydroxylation is 2. The fraction of sp³-hybridized carbons (Fsp3) is 0.613. The van der Waals surface area contributed by atoms with E-state index in [0.29, 0.717) is 37.8 Å². The van der Waals surface area contributed by atoms with Crippen molar-refractivity contribution in [1.82, 2.24) is 20.6 Å². The number of pyridine rings is 2. The Morgan fingerprint density at radius 3 is 2.08 bits per heavy atom. The van der Waals surface area contributed by atoms with E-state index in [4.69, 9.17) is 5.73 Å². The zero-order valence-electron chi connectivity index (χ0n) is 22.9. The highest BCUT2D eigenvalue weighted by atomic mass is 16.4. The number of aromatic nitrogens is 2. The Bertz CT molecular complexity index is 1150. The van der Waals surface area contributed by atoms with Gasteiger partial charge in [-0.05, 0) is 119 Å². The lowest BCUT2D eigenvalue weighted by Gasteiger charge is -2.34. The maximum Gasteiger partial charge on any atom is 0.331 e. The third-order valence-corrected chi connectivity index (χ3v) is 9.22. The van der Waals surface area contributed by atoms with Gasteiger partial charge in [-0.2, -0.15) is 0 Å². The summed E-state index contributed by atoms with van der Waals surface area (Å²) in [7, 11) is 0. The maximum absolute atomic E-state index is 13.4. The number of aliphatic carboxylic acids is 1. The molecule has 8 heteroatoms. The van der Waals surface area contributed by atoms with Gasteiger partial charge in [-0.1, -0.05) is 12.1 Å². The van der Waals surface area contributed by atoms with Gasteiger partial charge in [0.05, 0.1) is 11.4 Å². The van der Waals surface area contributed by atoms with E-state index in [2.05, 4.69) is 32.7 Å². The summed E-state index contributed by atoms with van der Waals surface area (Å²) in [5.41, 5.74) is 9.41. The Kier molecular flexibility index (Phi) is 9.05. The monoisotopic (exact) mass is 533 g/mol. The first-order valence-electron chi connectivity index (χ1n) is 14.9. The van der Waals surface area contributed by atoms with Gasteiger partial charge in [-0.3, -0.25) is 14.8 Å². The van der Waals surface area contributed by atoms with Gasteiger partial charge in [0.15, 0.2) is 11.3 Å². The molecule has 2 unspecified atom stereocenters. The molecule has 8 nitrogen and oxygen atoms in total. The van der Waals surface area contributed by atoms with Gasteiger partial charge in [-0.15, -0.1) is 0 Å². The van der Waals surface area contributed by atoms with Crippen molar-refractivity contribution >= 4 is 11.8 Å². The molecule has 2 heterocycles. The Morgan fingerprint density at radius 2 is 1.49 bits per heavy atom. The van der Waals surface area contributed by atoms with E-state index in [9.17, 15) is 14.7 Å². The lowest BCUT2D eigenvalue weighted by molar-refractivity contribution is -0.150. The number of hydrogen-bond acceptors (Lipinski definition) is 7. The first-order chi connectivity index (χ1) is 19.0. The highest BCUT2D eigenvalue weighted by Crippen LogP contribution is 2.34. The Morgan fingerprint density at radius 1 is 0.897 bits per heavy atom. The summed E-state index contributed by atoms with van der Waals surface area (Å²) in [6.07, 6.45) is 14.2. The second-order valence-corrected chi connectivity index (χ2v) is 11.8. The third kappa shape index (κ3) is 6.39. The normalized spacial score (nSPS) is 26.2. The standard InChI is InChI=1S/C31H43N5O3/c32-31(30(38)39,16-5-19-33-25-10-1-6-22-8-3-17-34-27(22)25)29(37)24-14-12-21(13-15-24)20-36-26-11-2-7-23-9-4-18-35-28(23)26/h3-4,8-9,17-18,21,24-26,33,36H,1-2,5-7,10-16,19-20,32H2,(H,38,39)/t21?,24?,25?,26?,31-/m1/s1. The number of ketones is 1. The van der Waals surface area contributed by atoms with Gasteiger partial charge in [-0.25, -0.2) is 4.79 Å². The summed E-state index contributed by atoms with van der Waals surface area (Å²) < 4.78 is 0. The van der Waals surface area contributed by atoms with Crippen LogP contribution in [0, 0.1) is 11.8 Å². The number of nitrogens with zero attached hydrogens (tertiary/aromatic N) is 2. The molecule has 1 saturated carbocycles. The van der Waals surface area contributed by atoms with Gasteiger partial charge in [0.1, 0.15) is 0 Å². The quantitative estimate of drug-likeness (QED) is 0.251. The minimum absolute atomic E-state index is 0.144. The van der Waals surface area contributed by atoms with Crippen molar-refractivity contribution in [2.45, 2.75) is 94.7 Å². The van der Waals surface area contributed by atoms with Crippen LogP contribution in [0.1, 0.15) is 98.8 Å². The van der Waals surface area contributed by atoms with Crippen LogP contribution in [0.2, 0.25) is 0 Å². The molecule has 0 bridgehead atoms. The molecule has 0 aliphatic heterocycles. The summed E-state index contributed by atoms with van der Waals surface area (Å²) in [6.45, 7) is 1.51. The van der Waals surface area contributed by atoms with Crippen molar-refractivity contribution in [1.29, 1.82) is 0 Å². The number of fused-ring (bicyclic) bond motifs is 2. The molecule has 5 rings (SSSR count). The smallest absolute Gasteiger partial charge is 0.331 e. The zero-order valence-corrected chi connectivity index (χ0v) is 22.9. The molecule has 5 N–H and O–H groups in total. The molecule has 210 valence electrons. The SMILES string of the molecule is N[C@@](CCCNC1CCCc2cccnc21)(C(=O)O)C(=O)C1CCC(CNC2CCCc3cccnc32)CC1. The molecule has 3 aliphatic carbocycles. The molecule has 2 aromatic heterocycles. The van der Waals surface area contributed by atoms with Crippen LogP contribution in [0.4, 0.5) is 0 Å². The Hall–Kier alpha value is -2.68. The van der Waals surface area contributed by atoms with Gasteiger partial charge < -0.3 is 21.5 Å². The van der Waals surface area contributed by atoms with E-state index in [1.54, 1.807) is 0 Å². The van der Waals surface area contributed by atoms with E-state index >= 15 is 0 Å². The molecule has 2 aromatic rings. The van der Waals surface area contributed by atoms with Crippen molar-refractivity contribution in [3.63, 3.8) is 0 Å². The highest BCUT2D eigenvalue weighted by Gasteiger charge is 2.45. The number of carbonyl (C=O) groups is 2. The van der Waals surface area contributed by atoms with Crippen molar-refractivity contribution in [2.24, 2.45) is 17.6 Å². The molecule has 3 aliphatic rings. The molecule has 0 spiro atoms. The predicted molar refractivity (Wildman–Crippen MR) is 150 cm³/mol. The topological polar surface area (TPSA) is 130 Å². The second-order valence-electron chi connectivity index (χ2n) is 11.8. The molecule has 0 saturated heterocycles. The van der Waals surface area contributed by atoms with Crippen LogP contribution in [-0.4, -0.2) is 45.5 Å². The van der Waals surface area contributed by atoms with Gasteiger partial charge in [0.2, 0.25) is 0 Å².